The zero-order valence-electron chi connectivity index (χ0n) is 17.5. The van der Waals surface area contributed by atoms with E-state index in [1.807, 2.05) is 0 Å². The number of H-pyrrole nitrogens is 2. The Morgan fingerprint density at radius 2 is 2.30 bits per heavy atom. The predicted octanol–water partition coefficient (Wildman–Crippen LogP) is -1.12. The van der Waals surface area contributed by atoms with Gasteiger partial charge in [-0.3, -0.25) is 23.7 Å². The smallest absolute Gasteiger partial charge is 0.280 e. The van der Waals surface area contributed by atoms with E-state index in [-0.39, 0.29) is 57.2 Å². The van der Waals surface area contributed by atoms with Crippen molar-refractivity contribution in [3.8, 4) is 0 Å². The van der Waals surface area contributed by atoms with Crippen LogP contribution in [-0.4, -0.2) is 78.0 Å². The van der Waals surface area contributed by atoms with Crippen molar-refractivity contribution < 1.29 is 19.2 Å². The van der Waals surface area contributed by atoms with Gasteiger partial charge in [-0.2, -0.15) is 4.98 Å². The van der Waals surface area contributed by atoms with Crippen LogP contribution in [0.4, 0.5) is 5.95 Å². The molecular formula is C18H24N9O5P. The van der Waals surface area contributed by atoms with Gasteiger partial charge in [0, 0.05) is 37.8 Å². The van der Waals surface area contributed by atoms with Gasteiger partial charge >= 0.3 is 0 Å². The summed E-state index contributed by atoms with van der Waals surface area (Å²) in [6, 6.07) is -0.722. The summed E-state index contributed by atoms with van der Waals surface area (Å²) in [5.41, 5.74) is 6.62. The number of nitrogens with one attached hydrogen (secondary N) is 4. The molecule has 33 heavy (non-hydrogen) atoms. The first-order chi connectivity index (χ1) is 16.0. The second-order valence-corrected chi connectivity index (χ2v) is 8.21. The molecule has 3 aromatic heterocycles. The maximum atomic E-state index is 12.4. The van der Waals surface area contributed by atoms with E-state index in [9.17, 15) is 19.3 Å². The molecule has 15 heteroatoms. The van der Waals surface area contributed by atoms with E-state index >= 15 is 0 Å². The second-order valence-electron chi connectivity index (χ2n) is 7.59. The number of imidazole rings is 2. The summed E-state index contributed by atoms with van der Waals surface area (Å²) in [6.07, 6.45) is 3.37. The van der Waals surface area contributed by atoms with E-state index in [1.54, 1.807) is 10.8 Å². The Labute approximate surface area is 188 Å². The summed E-state index contributed by atoms with van der Waals surface area (Å²) in [5.74, 6) is -0.122. The number of fused-ring (bicyclic) bond motifs is 1. The van der Waals surface area contributed by atoms with Crippen LogP contribution >= 0.6 is 8.46 Å². The number of rotatable bonds is 10. The number of aromatic nitrogens is 6. The minimum atomic E-state index is -0.781. The van der Waals surface area contributed by atoms with Crippen LogP contribution in [0.15, 0.2) is 23.6 Å². The normalized spacial score (nSPS) is 21.5. The van der Waals surface area contributed by atoms with Gasteiger partial charge in [-0.05, 0) is 0 Å². The number of hydrogen-bond donors (Lipinski definition) is 6. The number of anilines is 1. The third kappa shape index (κ3) is 5.25. The lowest BCUT2D eigenvalue weighted by Gasteiger charge is -2.14. The van der Waals surface area contributed by atoms with E-state index < -0.39 is 30.0 Å². The zero-order valence-corrected chi connectivity index (χ0v) is 18.4. The molecule has 4 heterocycles. The van der Waals surface area contributed by atoms with Crippen LogP contribution in [0.1, 0.15) is 18.3 Å². The molecule has 4 unspecified atom stereocenters. The molecule has 7 N–H and O–H groups in total. The molecule has 0 spiro atoms. The summed E-state index contributed by atoms with van der Waals surface area (Å²) < 4.78 is 18.2. The molecule has 0 saturated carbocycles. The van der Waals surface area contributed by atoms with Crippen molar-refractivity contribution in [2.45, 2.75) is 37.3 Å². The van der Waals surface area contributed by atoms with Crippen molar-refractivity contribution in [1.29, 1.82) is 0 Å². The zero-order chi connectivity index (χ0) is 23.4. The number of ether oxygens (including phenoxy) is 1. The Morgan fingerprint density at radius 3 is 3.06 bits per heavy atom. The number of amides is 1. The average molecular weight is 477 g/mol. The number of carbonyl (C=O) groups excluding carboxylic acids is 1. The molecule has 3 aromatic rings. The van der Waals surface area contributed by atoms with E-state index in [0.29, 0.717) is 6.42 Å². The third-order valence-electron chi connectivity index (χ3n) is 5.25. The Hall–Kier alpha value is -3.19. The Balaban J connectivity index is 1.36. The highest BCUT2D eigenvalue weighted by molar-refractivity contribution is 7.23. The van der Waals surface area contributed by atoms with Crippen LogP contribution in [0.5, 0.6) is 0 Å². The van der Waals surface area contributed by atoms with Crippen molar-refractivity contribution in [2.24, 2.45) is 5.73 Å². The van der Waals surface area contributed by atoms with Crippen LogP contribution < -0.4 is 21.9 Å². The van der Waals surface area contributed by atoms with Crippen LogP contribution in [0, 0.1) is 0 Å². The molecule has 1 amide bonds. The van der Waals surface area contributed by atoms with Gasteiger partial charge in [0.1, 0.15) is 6.23 Å². The Morgan fingerprint density at radius 1 is 1.45 bits per heavy atom. The lowest BCUT2D eigenvalue weighted by molar-refractivity contribution is -0.122. The highest BCUT2D eigenvalue weighted by Crippen LogP contribution is 2.31. The topological polar surface area (TPSA) is 206 Å². The molecule has 0 aliphatic carbocycles. The number of carbonyl (C=O) groups is 1. The molecule has 1 aliphatic rings. The fraction of sp³-hybridized carbons (Fsp3) is 0.500. The predicted molar refractivity (Wildman–Crippen MR) is 117 cm³/mol. The van der Waals surface area contributed by atoms with E-state index in [2.05, 4.69) is 35.6 Å². The fourth-order valence-electron chi connectivity index (χ4n) is 3.57. The quantitative estimate of drug-likeness (QED) is 0.153. The molecule has 0 aromatic carbocycles. The van der Waals surface area contributed by atoms with Crippen molar-refractivity contribution in [3.05, 3.63) is 34.9 Å². The maximum Gasteiger partial charge on any atom is 0.280 e. The van der Waals surface area contributed by atoms with Crippen LogP contribution in [0.2, 0.25) is 0 Å². The highest BCUT2D eigenvalue weighted by Gasteiger charge is 2.35. The van der Waals surface area contributed by atoms with E-state index in [0.717, 1.165) is 5.69 Å². The van der Waals surface area contributed by atoms with Crippen molar-refractivity contribution in [2.75, 3.05) is 24.6 Å². The van der Waals surface area contributed by atoms with Gasteiger partial charge in [0.2, 0.25) is 11.9 Å². The summed E-state index contributed by atoms with van der Waals surface area (Å²) in [4.78, 5) is 42.4. The number of aromatic amines is 2. The summed E-state index contributed by atoms with van der Waals surface area (Å²) in [5, 5.41) is 15.8. The molecule has 0 bridgehead atoms. The first-order valence-corrected chi connectivity index (χ1v) is 11.3. The fourth-order valence-corrected chi connectivity index (χ4v) is 4.04. The molecular weight excluding hydrogens is 453 g/mol. The molecule has 176 valence electrons. The minimum Gasteiger partial charge on any atom is -0.390 e. The second kappa shape index (κ2) is 10.2. The van der Waals surface area contributed by atoms with Crippen molar-refractivity contribution in [3.63, 3.8) is 0 Å². The molecule has 4 rings (SSSR count). The molecule has 4 atom stereocenters. The monoisotopic (exact) mass is 477 g/mol. The summed E-state index contributed by atoms with van der Waals surface area (Å²) in [6.45, 7) is 0.541. The van der Waals surface area contributed by atoms with Gasteiger partial charge in [-0.25, -0.2) is 9.97 Å². The van der Waals surface area contributed by atoms with E-state index in [4.69, 9.17) is 10.5 Å². The standard InChI is InChI=1S/C18H24N9O5P/c19-10(3-9-5-20-7-23-9)16(29)21-1-2-22-18-25-15-14(17(30)26-18)24-8-27(15)13-4-11(28)12(32-13)6-33-31/h5,7-8,10-13,28H,1-4,6,19H2,(H,20,23)(H,21,29)(H2,22,25,26,30). The van der Waals surface area contributed by atoms with E-state index in [1.165, 1.54) is 12.7 Å². The lowest BCUT2D eigenvalue weighted by Crippen LogP contribution is -2.43. The lowest BCUT2D eigenvalue weighted by atomic mass is 10.1. The Bertz CT molecular complexity index is 1160. The van der Waals surface area contributed by atoms with Gasteiger partial charge in [0.25, 0.3) is 5.56 Å². The molecule has 1 saturated heterocycles. The highest BCUT2D eigenvalue weighted by atomic mass is 31.1. The number of hydrogen-bond acceptors (Lipinski definition) is 10. The summed E-state index contributed by atoms with van der Waals surface area (Å²) >= 11 is 0. The largest absolute Gasteiger partial charge is 0.390 e. The molecule has 1 aliphatic heterocycles. The average Bonchev–Trinajstić information content (AvgIpc) is 3.52. The van der Waals surface area contributed by atoms with Gasteiger partial charge < -0.3 is 31.2 Å². The van der Waals surface area contributed by atoms with Gasteiger partial charge in [-0.15, -0.1) is 0 Å². The van der Waals surface area contributed by atoms with Gasteiger partial charge in [0.05, 0.1) is 37.1 Å². The van der Waals surface area contributed by atoms with Crippen molar-refractivity contribution in [1.82, 2.24) is 34.8 Å². The third-order valence-corrected chi connectivity index (χ3v) is 5.76. The summed E-state index contributed by atoms with van der Waals surface area (Å²) in [7, 11) is -0.120. The SMILES string of the molecule is NC(Cc1cnc[nH]1)C(=O)NCCNc1nc2c(ncn2C2CC(O)C(CP=O)O2)c(=O)[nH]1. The number of nitrogens with zero attached hydrogens (tertiary/aromatic N) is 4. The molecule has 14 nitrogen and oxygen atoms in total. The van der Waals surface area contributed by atoms with Crippen LogP contribution in [0.3, 0.4) is 0 Å². The molecule has 0 radical (unpaired) electrons. The van der Waals surface area contributed by atoms with Crippen LogP contribution in [0.25, 0.3) is 11.2 Å². The van der Waals surface area contributed by atoms with Gasteiger partial charge in [0.15, 0.2) is 19.6 Å². The van der Waals surface area contributed by atoms with Gasteiger partial charge in [-0.1, -0.05) is 0 Å². The van der Waals surface area contributed by atoms with Crippen molar-refractivity contribution >= 4 is 31.5 Å². The first kappa shape index (κ1) is 23.0. The Kier molecular flexibility index (Phi) is 7.08. The molecule has 1 fully saturated rings. The number of nitrogens with two attached hydrogens (primary N) is 1. The number of aliphatic hydroxyl groups is 1. The number of aliphatic hydroxyl groups excluding tert-OH is 1. The van der Waals surface area contributed by atoms with Crippen LogP contribution in [-0.2, 0) is 20.5 Å². The minimum absolute atomic E-state index is 0.120. The maximum absolute atomic E-state index is 12.4. The first-order valence-electron chi connectivity index (χ1n) is 10.3.